The molecule has 1 saturated carbocycles. The fourth-order valence-electron chi connectivity index (χ4n) is 4.13. The van der Waals surface area contributed by atoms with Gasteiger partial charge in [0.15, 0.2) is 0 Å². The Morgan fingerprint density at radius 1 is 1.25 bits per heavy atom. The van der Waals surface area contributed by atoms with E-state index in [1.54, 1.807) is 12.0 Å². The van der Waals surface area contributed by atoms with Gasteiger partial charge in [-0.05, 0) is 24.8 Å². The van der Waals surface area contributed by atoms with Gasteiger partial charge < -0.3 is 20.1 Å². The van der Waals surface area contributed by atoms with Crippen LogP contribution in [-0.4, -0.2) is 49.4 Å². The number of nitrogens with one attached hydrogen (secondary N) is 1. The Morgan fingerprint density at radius 2 is 1.96 bits per heavy atom. The molecule has 3 rings (SSSR count). The largest absolute Gasteiger partial charge is 0.384 e. The molecule has 132 valence electrons. The van der Waals surface area contributed by atoms with Crippen molar-refractivity contribution in [3.63, 3.8) is 0 Å². The summed E-state index contributed by atoms with van der Waals surface area (Å²) in [5.74, 6) is 0. The van der Waals surface area contributed by atoms with E-state index < -0.39 is 5.60 Å². The fourth-order valence-corrected chi connectivity index (χ4v) is 4.13. The Hall–Kier alpha value is -1.59. The van der Waals surface area contributed by atoms with Crippen molar-refractivity contribution in [2.24, 2.45) is 5.41 Å². The third kappa shape index (κ3) is 3.57. The second kappa shape index (κ2) is 7.11. The summed E-state index contributed by atoms with van der Waals surface area (Å²) in [6.45, 7) is 2.27. The van der Waals surface area contributed by atoms with E-state index in [1.165, 1.54) is 12.8 Å². The zero-order valence-electron chi connectivity index (χ0n) is 14.5. The van der Waals surface area contributed by atoms with Gasteiger partial charge in [-0.3, -0.25) is 0 Å². The van der Waals surface area contributed by atoms with Crippen molar-refractivity contribution >= 4 is 6.03 Å². The SMILES string of the molecule is COCC1(CNC(=O)N2CCC(O)(c3ccccc3)C2)CCCC1. The van der Waals surface area contributed by atoms with Crippen LogP contribution in [0.15, 0.2) is 30.3 Å². The van der Waals surface area contributed by atoms with E-state index >= 15 is 0 Å². The Kier molecular flexibility index (Phi) is 5.11. The summed E-state index contributed by atoms with van der Waals surface area (Å²) in [6.07, 6.45) is 5.20. The normalized spacial score (nSPS) is 25.8. The van der Waals surface area contributed by atoms with Crippen molar-refractivity contribution < 1.29 is 14.6 Å². The number of carbonyl (C=O) groups excluding carboxylic acids is 1. The van der Waals surface area contributed by atoms with Gasteiger partial charge in [-0.1, -0.05) is 43.2 Å². The summed E-state index contributed by atoms with van der Waals surface area (Å²) >= 11 is 0. The molecule has 5 nitrogen and oxygen atoms in total. The van der Waals surface area contributed by atoms with Crippen molar-refractivity contribution in [2.75, 3.05) is 33.4 Å². The number of rotatable bonds is 5. The van der Waals surface area contributed by atoms with Crippen LogP contribution in [0.5, 0.6) is 0 Å². The van der Waals surface area contributed by atoms with Gasteiger partial charge in [0, 0.05) is 25.6 Å². The number of aliphatic hydroxyl groups is 1. The first kappa shape index (κ1) is 17.2. The molecule has 24 heavy (non-hydrogen) atoms. The Morgan fingerprint density at radius 3 is 2.62 bits per heavy atom. The van der Waals surface area contributed by atoms with Gasteiger partial charge in [0.2, 0.25) is 0 Å². The highest BCUT2D eigenvalue weighted by molar-refractivity contribution is 5.74. The molecular formula is C19H28N2O3. The third-order valence-electron chi connectivity index (χ3n) is 5.58. The van der Waals surface area contributed by atoms with Crippen molar-refractivity contribution in [1.29, 1.82) is 0 Å². The lowest BCUT2D eigenvalue weighted by molar-refractivity contribution is 0.0486. The van der Waals surface area contributed by atoms with E-state index in [1.807, 2.05) is 30.3 Å². The molecule has 1 heterocycles. The van der Waals surface area contributed by atoms with Crippen molar-refractivity contribution in [1.82, 2.24) is 10.2 Å². The van der Waals surface area contributed by atoms with Gasteiger partial charge in [-0.15, -0.1) is 0 Å². The van der Waals surface area contributed by atoms with Crippen LogP contribution >= 0.6 is 0 Å². The number of nitrogens with zero attached hydrogens (tertiary/aromatic N) is 1. The number of methoxy groups -OCH3 is 1. The molecule has 5 heteroatoms. The number of urea groups is 1. The Bertz CT molecular complexity index is 557. The number of amides is 2. The number of carbonyl (C=O) groups is 1. The van der Waals surface area contributed by atoms with Crippen LogP contribution in [0.3, 0.4) is 0 Å². The lowest BCUT2D eigenvalue weighted by atomic mass is 9.87. The second-order valence-electron chi connectivity index (χ2n) is 7.37. The Balaban J connectivity index is 1.57. The summed E-state index contributed by atoms with van der Waals surface area (Å²) < 4.78 is 5.37. The minimum absolute atomic E-state index is 0.0794. The van der Waals surface area contributed by atoms with Gasteiger partial charge >= 0.3 is 6.03 Å². The smallest absolute Gasteiger partial charge is 0.317 e. The van der Waals surface area contributed by atoms with E-state index in [-0.39, 0.29) is 11.4 Å². The number of benzene rings is 1. The van der Waals surface area contributed by atoms with Crippen LogP contribution in [0.25, 0.3) is 0 Å². The summed E-state index contributed by atoms with van der Waals surface area (Å²) in [5, 5.41) is 13.9. The minimum Gasteiger partial charge on any atom is -0.384 e. The maximum Gasteiger partial charge on any atom is 0.317 e. The van der Waals surface area contributed by atoms with E-state index in [0.717, 1.165) is 18.4 Å². The zero-order chi connectivity index (χ0) is 17.0. The third-order valence-corrected chi connectivity index (χ3v) is 5.58. The lowest BCUT2D eigenvalue weighted by Gasteiger charge is -2.30. The van der Waals surface area contributed by atoms with Crippen molar-refractivity contribution in [3.05, 3.63) is 35.9 Å². The second-order valence-corrected chi connectivity index (χ2v) is 7.37. The van der Waals surface area contributed by atoms with Crippen molar-refractivity contribution in [2.45, 2.75) is 37.7 Å². The highest BCUT2D eigenvalue weighted by atomic mass is 16.5. The molecule has 1 unspecified atom stereocenters. The van der Waals surface area contributed by atoms with Crippen molar-refractivity contribution in [3.8, 4) is 0 Å². The number of likely N-dealkylation sites (tertiary alicyclic amines) is 1. The minimum atomic E-state index is -0.934. The maximum atomic E-state index is 12.5. The number of hydrogen-bond donors (Lipinski definition) is 2. The average Bonchev–Trinajstić information content (AvgIpc) is 3.22. The molecule has 0 bridgehead atoms. The molecule has 1 aliphatic heterocycles. The predicted molar refractivity (Wildman–Crippen MR) is 92.7 cm³/mol. The molecule has 1 aromatic rings. The molecule has 1 atom stereocenters. The molecule has 1 aromatic carbocycles. The van der Waals surface area contributed by atoms with Crippen LogP contribution in [0, 0.1) is 5.41 Å². The van der Waals surface area contributed by atoms with Crippen LogP contribution in [0.1, 0.15) is 37.7 Å². The van der Waals surface area contributed by atoms with E-state index in [2.05, 4.69) is 5.32 Å². The molecule has 2 fully saturated rings. The van der Waals surface area contributed by atoms with Crippen LogP contribution in [-0.2, 0) is 10.3 Å². The highest BCUT2D eigenvalue weighted by Gasteiger charge is 2.40. The summed E-state index contributed by atoms with van der Waals surface area (Å²) in [5.41, 5.74) is 0.0303. The van der Waals surface area contributed by atoms with Crippen LogP contribution in [0.2, 0.25) is 0 Å². The summed E-state index contributed by atoms with van der Waals surface area (Å²) in [6, 6.07) is 9.55. The summed E-state index contributed by atoms with van der Waals surface area (Å²) in [7, 11) is 1.72. The standard InChI is InChI=1S/C19H28N2O3/c1-24-15-18(9-5-6-10-18)13-20-17(22)21-12-11-19(23,14-21)16-7-3-2-4-8-16/h2-4,7-8,23H,5-6,9-15H2,1H3,(H,20,22). The van der Waals surface area contributed by atoms with Gasteiger partial charge in [0.25, 0.3) is 0 Å². The van der Waals surface area contributed by atoms with Crippen LogP contribution < -0.4 is 5.32 Å². The monoisotopic (exact) mass is 332 g/mol. The van der Waals surface area contributed by atoms with Gasteiger partial charge in [0.05, 0.1) is 13.2 Å². The lowest BCUT2D eigenvalue weighted by Crippen LogP contribution is -2.45. The topological polar surface area (TPSA) is 61.8 Å². The molecule has 1 aliphatic carbocycles. The van der Waals surface area contributed by atoms with Gasteiger partial charge in [-0.25, -0.2) is 4.79 Å². The first-order valence-corrected chi connectivity index (χ1v) is 8.87. The molecule has 1 saturated heterocycles. The molecular weight excluding hydrogens is 304 g/mol. The van der Waals surface area contributed by atoms with Crippen LogP contribution in [0.4, 0.5) is 4.79 Å². The predicted octanol–water partition coefficient (Wildman–Crippen LogP) is 2.50. The summed E-state index contributed by atoms with van der Waals surface area (Å²) in [4.78, 5) is 14.3. The molecule has 2 aliphatic rings. The number of β-amino-alcohol motifs (C(OH)–C–C–N with tert-alkyl or cyclic N) is 1. The fraction of sp³-hybridized carbons (Fsp3) is 0.632. The zero-order valence-corrected chi connectivity index (χ0v) is 14.5. The first-order valence-electron chi connectivity index (χ1n) is 8.87. The molecule has 0 aromatic heterocycles. The molecule has 0 spiro atoms. The van der Waals surface area contributed by atoms with E-state index in [4.69, 9.17) is 4.74 Å². The molecule has 2 amide bonds. The Labute approximate surface area is 144 Å². The molecule has 2 N–H and O–H groups in total. The first-order chi connectivity index (χ1) is 11.6. The number of ether oxygens (including phenoxy) is 1. The van der Waals surface area contributed by atoms with E-state index in [0.29, 0.717) is 32.7 Å². The molecule has 0 radical (unpaired) electrons. The maximum absolute atomic E-state index is 12.5. The average molecular weight is 332 g/mol. The van der Waals surface area contributed by atoms with Gasteiger partial charge in [-0.2, -0.15) is 0 Å². The van der Waals surface area contributed by atoms with E-state index in [9.17, 15) is 9.90 Å². The number of hydrogen-bond acceptors (Lipinski definition) is 3. The van der Waals surface area contributed by atoms with Gasteiger partial charge in [0.1, 0.15) is 5.60 Å². The quantitative estimate of drug-likeness (QED) is 0.871. The highest BCUT2D eigenvalue weighted by Crippen LogP contribution is 2.38.